The number of hydrogen-bond acceptors (Lipinski definition) is 6. The van der Waals surface area contributed by atoms with Crippen molar-refractivity contribution in [3.8, 4) is 28.4 Å². The summed E-state index contributed by atoms with van der Waals surface area (Å²) in [6.45, 7) is 4.56. The number of benzene rings is 1. The first kappa shape index (κ1) is 21.7. The third kappa shape index (κ3) is 4.13. The van der Waals surface area contributed by atoms with Crippen LogP contribution < -0.4 is 19.1 Å². The predicted octanol–water partition coefficient (Wildman–Crippen LogP) is 4.88. The summed E-state index contributed by atoms with van der Waals surface area (Å²) in [5.41, 5.74) is 4.09. The monoisotopic (exact) mass is 455 g/mol. The highest BCUT2D eigenvalue weighted by Crippen LogP contribution is 2.44. The third-order valence-electron chi connectivity index (χ3n) is 5.26. The second kappa shape index (κ2) is 8.92. The van der Waals surface area contributed by atoms with Crippen molar-refractivity contribution in [3.63, 3.8) is 0 Å². The Kier molecular flexibility index (Phi) is 6.05. The molecule has 1 N–H and O–H groups in total. The quantitative estimate of drug-likeness (QED) is 0.548. The molecule has 0 spiro atoms. The van der Waals surface area contributed by atoms with Gasteiger partial charge in [0.05, 0.1) is 25.0 Å². The standard InChI is InChI=1S/C23H22ClN3O5/c1-13-11-26-18(14(2)21(13)30-3)12-27(23(28)29)16-9-17(15-4-5-25-20(24)8-15)22-19(10-16)31-6-7-32-22/h4-5,8-11H,6-7,12H2,1-3H3,(H,28,29). The van der Waals surface area contributed by atoms with E-state index < -0.39 is 6.09 Å². The molecule has 1 aliphatic rings. The summed E-state index contributed by atoms with van der Waals surface area (Å²) < 4.78 is 17.1. The van der Waals surface area contributed by atoms with Crippen molar-refractivity contribution in [2.45, 2.75) is 20.4 Å². The largest absolute Gasteiger partial charge is 0.496 e. The van der Waals surface area contributed by atoms with Crippen LogP contribution in [0.15, 0.2) is 36.7 Å². The Morgan fingerprint density at radius 2 is 2.00 bits per heavy atom. The van der Waals surface area contributed by atoms with Gasteiger partial charge in [0.25, 0.3) is 0 Å². The second-order valence-corrected chi connectivity index (χ2v) is 7.69. The zero-order valence-electron chi connectivity index (χ0n) is 17.9. The molecule has 9 heteroatoms. The highest BCUT2D eigenvalue weighted by atomic mass is 35.5. The van der Waals surface area contributed by atoms with Crippen LogP contribution in [0.3, 0.4) is 0 Å². The van der Waals surface area contributed by atoms with Gasteiger partial charge in [0.2, 0.25) is 0 Å². The number of pyridine rings is 2. The summed E-state index contributed by atoms with van der Waals surface area (Å²) in [7, 11) is 1.58. The van der Waals surface area contributed by atoms with Crippen molar-refractivity contribution in [3.05, 3.63) is 58.6 Å². The molecular weight excluding hydrogens is 434 g/mol. The van der Waals surface area contributed by atoms with Gasteiger partial charge in [-0.3, -0.25) is 9.88 Å². The molecule has 0 unspecified atom stereocenters. The van der Waals surface area contributed by atoms with E-state index in [2.05, 4.69) is 9.97 Å². The molecule has 0 saturated heterocycles. The number of ether oxygens (including phenoxy) is 3. The molecule has 166 valence electrons. The van der Waals surface area contributed by atoms with Crippen LogP contribution in [0.5, 0.6) is 17.2 Å². The van der Waals surface area contributed by atoms with Crippen LogP contribution >= 0.6 is 11.6 Å². The maximum atomic E-state index is 12.3. The van der Waals surface area contributed by atoms with Gasteiger partial charge in [0, 0.05) is 35.2 Å². The van der Waals surface area contributed by atoms with E-state index in [0.717, 1.165) is 16.7 Å². The number of aryl methyl sites for hydroxylation is 1. The van der Waals surface area contributed by atoms with Gasteiger partial charge in [-0.25, -0.2) is 9.78 Å². The molecule has 4 rings (SSSR count). The topological polar surface area (TPSA) is 94.0 Å². The van der Waals surface area contributed by atoms with Crippen LogP contribution in [-0.2, 0) is 6.54 Å². The maximum absolute atomic E-state index is 12.3. The number of halogens is 1. The maximum Gasteiger partial charge on any atom is 0.412 e. The molecule has 0 saturated carbocycles. The molecule has 3 aromatic rings. The van der Waals surface area contributed by atoms with E-state index in [-0.39, 0.29) is 6.54 Å². The normalized spacial score (nSPS) is 12.4. The Morgan fingerprint density at radius 1 is 1.22 bits per heavy atom. The van der Waals surface area contributed by atoms with Gasteiger partial charge < -0.3 is 19.3 Å². The van der Waals surface area contributed by atoms with Gasteiger partial charge in [-0.1, -0.05) is 11.6 Å². The lowest BCUT2D eigenvalue weighted by molar-refractivity contribution is 0.172. The minimum absolute atomic E-state index is 0.0357. The molecule has 0 radical (unpaired) electrons. The van der Waals surface area contributed by atoms with Crippen LogP contribution in [-0.4, -0.2) is 41.5 Å². The lowest BCUT2D eigenvalue weighted by Crippen LogP contribution is -2.30. The van der Waals surface area contributed by atoms with Crippen LogP contribution in [0.2, 0.25) is 5.15 Å². The number of fused-ring (bicyclic) bond motifs is 1. The second-order valence-electron chi connectivity index (χ2n) is 7.30. The van der Waals surface area contributed by atoms with Gasteiger partial charge in [0.1, 0.15) is 24.1 Å². The molecule has 0 atom stereocenters. The molecule has 1 aliphatic heterocycles. The number of carbonyl (C=O) groups is 1. The summed E-state index contributed by atoms with van der Waals surface area (Å²) in [5.74, 6) is 1.70. The molecule has 1 amide bonds. The smallest absolute Gasteiger partial charge is 0.412 e. The minimum Gasteiger partial charge on any atom is -0.496 e. The average molecular weight is 456 g/mol. The van der Waals surface area contributed by atoms with Crippen LogP contribution in [0, 0.1) is 13.8 Å². The number of amides is 1. The Balaban J connectivity index is 1.82. The van der Waals surface area contributed by atoms with Crippen molar-refractivity contribution in [2.24, 2.45) is 0 Å². The van der Waals surface area contributed by atoms with Crippen molar-refractivity contribution in [1.82, 2.24) is 9.97 Å². The van der Waals surface area contributed by atoms with Crippen molar-refractivity contribution >= 4 is 23.4 Å². The van der Waals surface area contributed by atoms with Crippen LogP contribution in [0.4, 0.5) is 10.5 Å². The molecule has 3 heterocycles. The zero-order valence-corrected chi connectivity index (χ0v) is 18.6. The summed E-state index contributed by atoms with van der Waals surface area (Å²) in [4.78, 5) is 22.0. The summed E-state index contributed by atoms with van der Waals surface area (Å²) >= 11 is 6.09. The highest BCUT2D eigenvalue weighted by molar-refractivity contribution is 6.29. The fourth-order valence-corrected chi connectivity index (χ4v) is 3.90. The van der Waals surface area contributed by atoms with E-state index in [1.54, 1.807) is 43.8 Å². The zero-order chi connectivity index (χ0) is 22.8. The first-order valence-electron chi connectivity index (χ1n) is 9.94. The Hall–Kier alpha value is -3.52. The van der Waals surface area contributed by atoms with Gasteiger partial charge in [-0.2, -0.15) is 0 Å². The van der Waals surface area contributed by atoms with Crippen LogP contribution in [0.25, 0.3) is 11.1 Å². The number of rotatable bonds is 5. The van der Waals surface area contributed by atoms with Crippen molar-refractivity contribution in [2.75, 3.05) is 25.2 Å². The highest BCUT2D eigenvalue weighted by Gasteiger charge is 2.25. The molecule has 0 aliphatic carbocycles. The fourth-order valence-electron chi connectivity index (χ4n) is 3.73. The lowest BCUT2D eigenvalue weighted by atomic mass is 10.0. The van der Waals surface area contributed by atoms with E-state index in [0.29, 0.717) is 52.6 Å². The average Bonchev–Trinajstić information content (AvgIpc) is 2.78. The molecular formula is C23H22ClN3O5. The van der Waals surface area contributed by atoms with Gasteiger partial charge >= 0.3 is 6.09 Å². The lowest BCUT2D eigenvalue weighted by Gasteiger charge is -2.26. The minimum atomic E-state index is -1.12. The first-order chi connectivity index (χ1) is 15.4. The molecule has 0 bridgehead atoms. The summed E-state index contributed by atoms with van der Waals surface area (Å²) in [6.07, 6.45) is 2.14. The van der Waals surface area contributed by atoms with E-state index >= 15 is 0 Å². The van der Waals surface area contributed by atoms with E-state index in [4.69, 9.17) is 25.8 Å². The molecule has 1 aromatic carbocycles. The molecule has 32 heavy (non-hydrogen) atoms. The molecule has 2 aromatic heterocycles. The van der Waals surface area contributed by atoms with Gasteiger partial charge in [0.15, 0.2) is 11.5 Å². The predicted molar refractivity (Wildman–Crippen MR) is 120 cm³/mol. The number of hydrogen-bond donors (Lipinski definition) is 1. The number of aromatic nitrogens is 2. The molecule has 0 fully saturated rings. The van der Waals surface area contributed by atoms with Crippen LogP contribution in [0.1, 0.15) is 16.8 Å². The van der Waals surface area contributed by atoms with E-state index in [1.807, 2.05) is 13.8 Å². The third-order valence-corrected chi connectivity index (χ3v) is 5.47. The Bertz CT molecular complexity index is 1180. The van der Waals surface area contributed by atoms with Crippen molar-refractivity contribution in [1.29, 1.82) is 0 Å². The van der Waals surface area contributed by atoms with Gasteiger partial charge in [-0.15, -0.1) is 0 Å². The van der Waals surface area contributed by atoms with Crippen molar-refractivity contribution < 1.29 is 24.1 Å². The summed E-state index contributed by atoms with van der Waals surface area (Å²) in [5, 5.41) is 10.4. The molecule has 8 nitrogen and oxygen atoms in total. The number of anilines is 1. The fraction of sp³-hybridized carbons (Fsp3) is 0.261. The number of nitrogens with zero attached hydrogens (tertiary/aromatic N) is 3. The van der Waals surface area contributed by atoms with E-state index in [9.17, 15) is 9.90 Å². The summed E-state index contributed by atoms with van der Waals surface area (Å²) in [6, 6.07) is 6.88. The Morgan fingerprint density at radius 3 is 2.72 bits per heavy atom. The first-order valence-corrected chi connectivity index (χ1v) is 10.3. The number of carboxylic acid groups (broad SMARTS) is 1. The SMILES string of the molecule is COc1c(C)cnc(CN(C(=O)O)c2cc3c(c(-c4ccnc(Cl)c4)c2)OCCO3)c1C. The van der Waals surface area contributed by atoms with Gasteiger partial charge in [-0.05, 0) is 37.6 Å². The number of methoxy groups -OCH3 is 1. The Labute approximate surface area is 190 Å². The van der Waals surface area contributed by atoms with E-state index in [1.165, 1.54) is 4.90 Å².